The van der Waals surface area contributed by atoms with Gasteiger partial charge in [-0.2, -0.15) is 4.98 Å². The average molecular weight is 264 g/mol. The van der Waals surface area contributed by atoms with E-state index in [1.807, 2.05) is 0 Å². The van der Waals surface area contributed by atoms with Gasteiger partial charge in [-0.3, -0.25) is 4.79 Å². The lowest BCUT2D eigenvalue weighted by Crippen LogP contribution is -2.13. The Morgan fingerprint density at radius 3 is 3.00 bits per heavy atom. The van der Waals surface area contributed by atoms with E-state index >= 15 is 0 Å². The largest absolute Gasteiger partial charge is 0.465 e. The van der Waals surface area contributed by atoms with E-state index in [9.17, 15) is 9.18 Å². The van der Waals surface area contributed by atoms with Gasteiger partial charge < -0.3 is 9.26 Å². The maximum absolute atomic E-state index is 13.1. The van der Waals surface area contributed by atoms with Crippen LogP contribution in [0, 0.1) is 5.82 Å². The van der Waals surface area contributed by atoms with Crippen LogP contribution in [0.5, 0.6) is 0 Å². The Morgan fingerprint density at radius 2 is 2.32 bits per heavy atom. The normalized spacial score (nSPS) is 12.2. The minimum absolute atomic E-state index is 0.151. The summed E-state index contributed by atoms with van der Waals surface area (Å²) in [6, 6.07) is 5.83. The molecule has 0 amide bonds. The fourth-order valence-electron chi connectivity index (χ4n) is 1.52. The highest BCUT2D eigenvalue weighted by Crippen LogP contribution is 2.21. The molecule has 1 heterocycles. The van der Waals surface area contributed by atoms with Crippen LogP contribution in [0.4, 0.5) is 4.39 Å². The predicted molar refractivity (Wildman–Crippen MR) is 64.7 cm³/mol. The summed E-state index contributed by atoms with van der Waals surface area (Å²) in [5, 5.41) is 3.73. The number of ether oxygens (including phenoxy) is 1. The zero-order valence-corrected chi connectivity index (χ0v) is 10.6. The first-order chi connectivity index (χ1) is 9.11. The van der Waals surface area contributed by atoms with Crippen molar-refractivity contribution in [2.45, 2.75) is 19.8 Å². The van der Waals surface area contributed by atoms with Crippen molar-refractivity contribution < 1.29 is 18.4 Å². The molecule has 0 fully saturated rings. The molecule has 0 aliphatic rings. The zero-order valence-electron chi connectivity index (χ0n) is 10.6. The maximum atomic E-state index is 13.1. The van der Waals surface area contributed by atoms with Crippen molar-refractivity contribution in [2.75, 3.05) is 6.61 Å². The molecule has 0 spiro atoms. The van der Waals surface area contributed by atoms with Gasteiger partial charge >= 0.3 is 5.97 Å². The topological polar surface area (TPSA) is 65.2 Å². The van der Waals surface area contributed by atoms with Crippen molar-refractivity contribution in [3.8, 4) is 11.4 Å². The summed E-state index contributed by atoms with van der Waals surface area (Å²) in [7, 11) is 0. The Labute approximate surface area is 109 Å². The van der Waals surface area contributed by atoms with Crippen LogP contribution in [0.15, 0.2) is 28.8 Å². The van der Waals surface area contributed by atoms with E-state index in [-0.39, 0.29) is 24.1 Å². The molecular weight excluding hydrogens is 251 g/mol. The second kappa shape index (κ2) is 5.60. The molecule has 0 saturated carbocycles. The molecule has 0 N–H and O–H groups in total. The molecule has 100 valence electrons. The van der Waals surface area contributed by atoms with Crippen molar-refractivity contribution >= 4 is 5.97 Å². The second-order valence-corrected chi connectivity index (χ2v) is 3.94. The number of carbonyl (C=O) groups is 1. The van der Waals surface area contributed by atoms with E-state index in [4.69, 9.17) is 9.26 Å². The first kappa shape index (κ1) is 13.2. The highest BCUT2D eigenvalue weighted by molar-refractivity contribution is 5.76. The van der Waals surface area contributed by atoms with Crippen LogP contribution in [-0.4, -0.2) is 22.7 Å². The minimum atomic E-state index is -0.644. The SMILES string of the molecule is CCOC(=O)C(C)c1nc(-c2cccc(F)c2)no1. The van der Waals surface area contributed by atoms with Crippen LogP contribution < -0.4 is 0 Å². The number of aromatic nitrogens is 2. The number of nitrogens with zero attached hydrogens (tertiary/aromatic N) is 2. The van der Waals surface area contributed by atoms with Gasteiger partial charge in [-0.25, -0.2) is 4.39 Å². The van der Waals surface area contributed by atoms with Gasteiger partial charge in [-0.05, 0) is 26.0 Å². The standard InChI is InChI=1S/C13H13FN2O3/c1-3-18-13(17)8(2)12-15-11(16-19-12)9-5-4-6-10(14)7-9/h4-8H,3H2,1-2H3. The van der Waals surface area contributed by atoms with Gasteiger partial charge in [0.15, 0.2) is 0 Å². The summed E-state index contributed by atoms with van der Waals surface area (Å²) in [5.74, 6) is -1.07. The molecular formula is C13H13FN2O3. The third kappa shape index (κ3) is 2.96. The number of hydrogen-bond donors (Lipinski definition) is 0. The molecule has 0 aliphatic heterocycles. The van der Waals surface area contributed by atoms with Crippen LogP contribution in [0.3, 0.4) is 0 Å². The third-order valence-corrected chi connectivity index (χ3v) is 2.54. The molecule has 0 saturated heterocycles. The van der Waals surface area contributed by atoms with E-state index in [0.29, 0.717) is 5.56 Å². The number of esters is 1. The summed E-state index contributed by atoms with van der Waals surface area (Å²) in [4.78, 5) is 15.6. The summed E-state index contributed by atoms with van der Waals surface area (Å²) >= 11 is 0. The lowest BCUT2D eigenvalue weighted by atomic mass is 10.2. The lowest BCUT2D eigenvalue weighted by molar-refractivity contribution is -0.145. The highest BCUT2D eigenvalue weighted by Gasteiger charge is 2.23. The quantitative estimate of drug-likeness (QED) is 0.794. The van der Waals surface area contributed by atoms with E-state index in [1.54, 1.807) is 26.0 Å². The van der Waals surface area contributed by atoms with E-state index in [2.05, 4.69) is 10.1 Å². The summed E-state index contributed by atoms with van der Waals surface area (Å²) in [6.07, 6.45) is 0. The molecule has 6 heteroatoms. The lowest BCUT2D eigenvalue weighted by Gasteiger charge is -2.04. The number of rotatable bonds is 4. The molecule has 1 aromatic heterocycles. The van der Waals surface area contributed by atoms with Gasteiger partial charge in [0, 0.05) is 5.56 Å². The smallest absolute Gasteiger partial charge is 0.318 e. The zero-order chi connectivity index (χ0) is 13.8. The fourth-order valence-corrected chi connectivity index (χ4v) is 1.52. The first-order valence-corrected chi connectivity index (χ1v) is 5.88. The Kier molecular flexibility index (Phi) is 3.89. The van der Waals surface area contributed by atoms with Crippen LogP contribution in [0.2, 0.25) is 0 Å². The summed E-state index contributed by atoms with van der Waals surface area (Å²) in [6.45, 7) is 3.62. The monoisotopic (exact) mass is 264 g/mol. The molecule has 0 radical (unpaired) electrons. The maximum Gasteiger partial charge on any atom is 0.318 e. The van der Waals surface area contributed by atoms with E-state index in [0.717, 1.165) is 0 Å². The van der Waals surface area contributed by atoms with Gasteiger partial charge in [0.25, 0.3) is 0 Å². The Balaban J connectivity index is 2.21. The van der Waals surface area contributed by atoms with Gasteiger partial charge in [0.05, 0.1) is 6.61 Å². The van der Waals surface area contributed by atoms with Crippen molar-refractivity contribution in [3.63, 3.8) is 0 Å². The van der Waals surface area contributed by atoms with Crippen LogP contribution in [0.25, 0.3) is 11.4 Å². The number of hydrogen-bond acceptors (Lipinski definition) is 5. The molecule has 1 aromatic carbocycles. The molecule has 1 unspecified atom stereocenters. The van der Waals surface area contributed by atoms with Crippen molar-refractivity contribution in [1.29, 1.82) is 0 Å². The van der Waals surface area contributed by atoms with Crippen LogP contribution in [0.1, 0.15) is 25.7 Å². The fraction of sp³-hybridized carbons (Fsp3) is 0.308. The van der Waals surface area contributed by atoms with Crippen molar-refractivity contribution in [2.24, 2.45) is 0 Å². The Bertz CT molecular complexity index is 583. The third-order valence-electron chi connectivity index (χ3n) is 2.54. The van der Waals surface area contributed by atoms with E-state index < -0.39 is 11.9 Å². The molecule has 19 heavy (non-hydrogen) atoms. The molecule has 5 nitrogen and oxygen atoms in total. The molecule has 1 atom stereocenters. The van der Waals surface area contributed by atoms with Gasteiger partial charge in [-0.15, -0.1) is 0 Å². The Hall–Kier alpha value is -2.24. The number of halogens is 1. The van der Waals surface area contributed by atoms with Crippen molar-refractivity contribution in [1.82, 2.24) is 10.1 Å². The molecule has 2 rings (SSSR count). The highest BCUT2D eigenvalue weighted by atomic mass is 19.1. The average Bonchev–Trinajstić information content (AvgIpc) is 2.87. The van der Waals surface area contributed by atoms with Gasteiger partial charge in [0.1, 0.15) is 11.7 Å². The van der Waals surface area contributed by atoms with E-state index in [1.165, 1.54) is 12.1 Å². The van der Waals surface area contributed by atoms with Crippen molar-refractivity contribution in [3.05, 3.63) is 36.0 Å². The Morgan fingerprint density at radius 1 is 1.53 bits per heavy atom. The molecule has 0 aliphatic carbocycles. The predicted octanol–water partition coefficient (Wildman–Crippen LogP) is 2.54. The molecule has 0 bridgehead atoms. The first-order valence-electron chi connectivity index (χ1n) is 5.88. The van der Waals surface area contributed by atoms with Gasteiger partial charge in [-0.1, -0.05) is 17.3 Å². The van der Waals surface area contributed by atoms with Crippen LogP contribution >= 0.6 is 0 Å². The molecule has 2 aromatic rings. The van der Waals surface area contributed by atoms with Crippen LogP contribution in [-0.2, 0) is 9.53 Å². The van der Waals surface area contributed by atoms with Gasteiger partial charge in [0.2, 0.25) is 11.7 Å². The summed E-state index contributed by atoms with van der Waals surface area (Å²) in [5.41, 5.74) is 0.492. The second-order valence-electron chi connectivity index (χ2n) is 3.94. The number of benzene rings is 1. The minimum Gasteiger partial charge on any atom is -0.465 e. The number of carbonyl (C=O) groups excluding carboxylic acids is 1. The summed E-state index contributed by atoms with van der Waals surface area (Å²) < 4.78 is 23.0.